The molecule has 0 aliphatic rings. The predicted molar refractivity (Wildman–Crippen MR) is 54.6 cm³/mol. The van der Waals surface area contributed by atoms with Gasteiger partial charge in [0.2, 0.25) is 0 Å². The lowest BCUT2D eigenvalue weighted by molar-refractivity contribution is 0.435. The minimum Gasteiger partial charge on any atom is -0.330 e. The van der Waals surface area contributed by atoms with Gasteiger partial charge in [0.05, 0.1) is 0 Å². The molecule has 0 amide bonds. The summed E-state index contributed by atoms with van der Waals surface area (Å²) in [6.07, 6.45) is 0. The zero-order valence-corrected chi connectivity index (χ0v) is 9.06. The lowest BCUT2D eigenvalue weighted by Crippen LogP contribution is -2.24. The molecule has 0 spiro atoms. The van der Waals surface area contributed by atoms with Crippen LogP contribution in [0.3, 0.4) is 0 Å². The first-order valence-electron chi connectivity index (χ1n) is 4.26. The van der Waals surface area contributed by atoms with Crippen molar-refractivity contribution in [2.24, 2.45) is 11.7 Å². The molecule has 12 heavy (non-hydrogen) atoms. The Labute approximate surface area is 77.8 Å². The van der Waals surface area contributed by atoms with Gasteiger partial charge in [-0.2, -0.15) is 0 Å². The largest absolute Gasteiger partial charge is 0.330 e. The quantitative estimate of drug-likeness (QED) is 0.639. The van der Waals surface area contributed by atoms with Crippen molar-refractivity contribution in [3.63, 3.8) is 0 Å². The number of rotatable bonds is 6. The summed E-state index contributed by atoms with van der Waals surface area (Å²) < 4.78 is 11.3. The van der Waals surface area contributed by atoms with Gasteiger partial charge in [0, 0.05) is 28.9 Å². The highest BCUT2D eigenvalue weighted by Gasteiger charge is 2.05. The second-order valence-electron chi connectivity index (χ2n) is 3.45. The molecular formula is C8H20N2OS. The SMILES string of the molecule is CC(CN)CS(=O)CCN(C)C. The first-order valence-corrected chi connectivity index (χ1v) is 5.74. The van der Waals surface area contributed by atoms with Gasteiger partial charge in [-0.25, -0.2) is 0 Å². The third kappa shape index (κ3) is 6.76. The van der Waals surface area contributed by atoms with Gasteiger partial charge in [0.15, 0.2) is 0 Å². The van der Waals surface area contributed by atoms with Crippen molar-refractivity contribution in [2.75, 3.05) is 38.7 Å². The monoisotopic (exact) mass is 192 g/mol. The molecule has 0 aromatic heterocycles. The van der Waals surface area contributed by atoms with E-state index < -0.39 is 10.8 Å². The van der Waals surface area contributed by atoms with Crippen molar-refractivity contribution >= 4 is 10.8 Å². The maximum absolute atomic E-state index is 11.3. The van der Waals surface area contributed by atoms with Gasteiger partial charge in [-0.1, -0.05) is 6.92 Å². The highest BCUT2D eigenvalue weighted by molar-refractivity contribution is 7.85. The van der Waals surface area contributed by atoms with Crippen LogP contribution in [0.15, 0.2) is 0 Å². The van der Waals surface area contributed by atoms with Crippen LogP contribution < -0.4 is 5.73 Å². The Morgan fingerprint density at radius 2 is 2.08 bits per heavy atom. The molecule has 0 aliphatic heterocycles. The molecule has 0 heterocycles. The van der Waals surface area contributed by atoms with Crippen LogP contribution in [0.1, 0.15) is 6.92 Å². The molecule has 3 nitrogen and oxygen atoms in total. The van der Waals surface area contributed by atoms with Crippen molar-refractivity contribution < 1.29 is 4.21 Å². The maximum atomic E-state index is 11.3. The second kappa shape index (κ2) is 6.57. The Balaban J connectivity index is 3.46. The van der Waals surface area contributed by atoms with E-state index in [-0.39, 0.29) is 0 Å². The van der Waals surface area contributed by atoms with E-state index in [1.54, 1.807) is 0 Å². The summed E-state index contributed by atoms with van der Waals surface area (Å²) in [5.41, 5.74) is 5.43. The minimum absolute atomic E-state index is 0.382. The van der Waals surface area contributed by atoms with E-state index in [9.17, 15) is 4.21 Å². The highest BCUT2D eigenvalue weighted by atomic mass is 32.2. The zero-order chi connectivity index (χ0) is 9.56. The molecule has 0 rings (SSSR count). The fourth-order valence-electron chi connectivity index (χ4n) is 0.753. The van der Waals surface area contributed by atoms with Crippen molar-refractivity contribution in [2.45, 2.75) is 6.92 Å². The molecule has 0 fully saturated rings. The van der Waals surface area contributed by atoms with Gasteiger partial charge in [-0.05, 0) is 26.6 Å². The fraction of sp³-hybridized carbons (Fsp3) is 1.00. The van der Waals surface area contributed by atoms with Crippen molar-refractivity contribution in [3.8, 4) is 0 Å². The predicted octanol–water partition coefficient (Wildman–Crippen LogP) is -0.108. The van der Waals surface area contributed by atoms with Crippen LogP contribution in [-0.4, -0.2) is 47.8 Å². The van der Waals surface area contributed by atoms with Gasteiger partial charge in [-0.3, -0.25) is 4.21 Å². The molecule has 0 aromatic rings. The average Bonchev–Trinajstić information content (AvgIpc) is 2.00. The van der Waals surface area contributed by atoms with Crippen LogP contribution in [0, 0.1) is 5.92 Å². The van der Waals surface area contributed by atoms with E-state index >= 15 is 0 Å². The molecule has 74 valence electrons. The van der Waals surface area contributed by atoms with E-state index in [2.05, 4.69) is 0 Å². The minimum atomic E-state index is -0.692. The Morgan fingerprint density at radius 1 is 1.50 bits per heavy atom. The van der Waals surface area contributed by atoms with Crippen molar-refractivity contribution in [1.29, 1.82) is 0 Å². The third-order valence-electron chi connectivity index (χ3n) is 1.64. The van der Waals surface area contributed by atoms with E-state index in [1.165, 1.54) is 0 Å². The third-order valence-corrected chi connectivity index (χ3v) is 3.22. The summed E-state index contributed by atoms with van der Waals surface area (Å²) >= 11 is 0. The summed E-state index contributed by atoms with van der Waals surface area (Å²) in [6, 6.07) is 0. The molecule has 0 saturated heterocycles. The smallest absolute Gasteiger partial charge is 0.0362 e. The molecule has 2 atom stereocenters. The number of hydrogen-bond donors (Lipinski definition) is 1. The van der Waals surface area contributed by atoms with Gasteiger partial charge in [0.1, 0.15) is 0 Å². The fourth-order valence-corrected chi connectivity index (χ4v) is 2.26. The lowest BCUT2D eigenvalue weighted by atomic mass is 10.2. The van der Waals surface area contributed by atoms with Crippen LogP contribution in [0.2, 0.25) is 0 Å². The molecule has 0 aliphatic carbocycles. The Morgan fingerprint density at radius 3 is 2.50 bits per heavy atom. The molecule has 2 unspecified atom stereocenters. The van der Waals surface area contributed by atoms with Gasteiger partial charge in [0.25, 0.3) is 0 Å². The Bertz CT molecular complexity index is 139. The summed E-state index contributed by atoms with van der Waals surface area (Å²) in [5.74, 6) is 1.88. The number of nitrogens with zero attached hydrogens (tertiary/aromatic N) is 1. The van der Waals surface area contributed by atoms with Gasteiger partial charge in [-0.15, -0.1) is 0 Å². The van der Waals surface area contributed by atoms with Crippen molar-refractivity contribution in [1.82, 2.24) is 4.90 Å². The normalized spacial score (nSPS) is 16.4. The second-order valence-corrected chi connectivity index (χ2v) is 5.08. The van der Waals surface area contributed by atoms with Crippen molar-refractivity contribution in [3.05, 3.63) is 0 Å². The lowest BCUT2D eigenvalue weighted by Gasteiger charge is -2.11. The topological polar surface area (TPSA) is 46.3 Å². The maximum Gasteiger partial charge on any atom is 0.0362 e. The van der Waals surface area contributed by atoms with E-state index in [1.807, 2.05) is 25.9 Å². The first-order chi connectivity index (χ1) is 5.56. The molecule has 0 saturated carbocycles. The number of nitrogens with two attached hydrogens (primary N) is 1. The van der Waals surface area contributed by atoms with Crippen LogP contribution in [0.4, 0.5) is 0 Å². The summed E-state index contributed by atoms with van der Waals surface area (Å²) in [4.78, 5) is 2.05. The van der Waals surface area contributed by atoms with Gasteiger partial charge >= 0.3 is 0 Å². The van der Waals surface area contributed by atoms with Crippen LogP contribution in [-0.2, 0) is 10.8 Å². The van der Waals surface area contributed by atoms with E-state index in [4.69, 9.17) is 5.73 Å². The molecule has 2 N–H and O–H groups in total. The standard InChI is InChI=1S/C8H20N2OS/c1-8(6-9)7-12(11)5-4-10(2)3/h8H,4-7,9H2,1-3H3. The summed E-state index contributed by atoms with van der Waals surface area (Å²) in [5, 5.41) is 0. The highest BCUT2D eigenvalue weighted by Crippen LogP contribution is 1.95. The number of hydrogen-bond acceptors (Lipinski definition) is 3. The van der Waals surface area contributed by atoms with Crippen LogP contribution in [0.25, 0.3) is 0 Å². The zero-order valence-electron chi connectivity index (χ0n) is 8.25. The molecule has 0 radical (unpaired) electrons. The van der Waals surface area contributed by atoms with E-state index in [0.717, 1.165) is 18.1 Å². The van der Waals surface area contributed by atoms with Crippen LogP contribution in [0.5, 0.6) is 0 Å². The molecular weight excluding hydrogens is 172 g/mol. The summed E-state index contributed by atoms with van der Waals surface area (Å²) in [6.45, 7) is 3.56. The molecule has 4 heteroatoms. The first kappa shape index (κ1) is 12.1. The Kier molecular flexibility index (Phi) is 6.61. The molecule has 0 aromatic carbocycles. The summed E-state index contributed by atoms with van der Waals surface area (Å²) in [7, 11) is 3.29. The Hall–Kier alpha value is 0.0700. The van der Waals surface area contributed by atoms with Crippen LogP contribution >= 0.6 is 0 Å². The average molecular weight is 192 g/mol. The van der Waals surface area contributed by atoms with E-state index in [0.29, 0.717) is 12.5 Å². The van der Waals surface area contributed by atoms with Gasteiger partial charge < -0.3 is 10.6 Å². The molecule has 0 bridgehead atoms.